The second-order valence-electron chi connectivity index (χ2n) is 8.76. The predicted octanol–water partition coefficient (Wildman–Crippen LogP) is 3.77. The van der Waals surface area contributed by atoms with Crippen LogP contribution in [-0.4, -0.2) is 51.0 Å². The van der Waals surface area contributed by atoms with Crippen LogP contribution >= 0.6 is 11.6 Å². The number of benzene rings is 2. The first-order valence-corrected chi connectivity index (χ1v) is 13.0. The SMILES string of the molecule is CC(C)(C)[Si](OCC1CCC(=O)N1COCCCl)(c1ccccc1)c1ccccc1. The molecule has 1 atom stereocenters. The summed E-state index contributed by atoms with van der Waals surface area (Å²) in [6.45, 7) is 8.01. The van der Waals surface area contributed by atoms with Gasteiger partial charge in [-0.15, -0.1) is 11.6 Å². The Balaban J connectivity index is 1.93. The van der Waals surface area contributed by atoms with E-state index in [2.05, 4.69) is 69.3 Å². The van der Waals surface area contributed by atoms with Gasteiger partial charge in [0.15, 0.2) is 0 Å². The minimum absolute atomic E-state index is 0.0227. The first-order valence-electron chi connectivity index (χ1n) is 10.6. The van der Waals surface area contributed by atoms with Gasteiger partial charge < -0.3 is 14.1 Å². The Morgan fingerprint density at radius 1 is 1.03 bits per heavy atom. The molecule has 1 aliphatic rings. The Hall–Kier alpha value is -1.66. The molecule has 1 saturated heterocycles. The molecule has 6 heteroatoms. The minimum Gasteiger partial charge on any atom is -0.405 e. The van der Waals surface area contributed by atoms with Crippen molar-refractivity contribution < 1.29 is 14.0 Å². The fraction of sp³-hybridized carbons (Fsp3) is 0.458. The molecule has 1 aliphatic heterocycles. The fourth-order valence-corrected chi connectivity index (χ4v) is 9.05. The lowest BCUT2D eigenvalue weighted by Gasteiger charge is -2.44. The molecule has 2 aromatic carbocycles. The van der Waals surface area contributed by atoms with E-state index >= 15 is 0 Å². The summed E-state index contributed by atoms with van der Waals surface area (Å²) in [6.07, 6.45) is 1.33. The molecule has 1 heterocycles. The van der Waals surface area contributed by atoms with Gasteiger partial charge in [0.1, 0.15) is 6.73 Å². The molecule has 162 valence electrons. The summed E-state index contributed by atoms with van der Waals surface area (Å²) < 4.78 is 12.6. The summed E-state index contributed by atoms with van der Waals surface area (Å²) in [7, 11) is -2.61. The number of likely N-dealkylation sites (tertiary alicyclic amines) is 1. The van der Waals surface area contributed by atoms with Gasteiger partial charge in [0.05, 0.1) is 19.3 Å². The molecule has 30 heavy (non-hydrogen) atoms. The molecule has 0 N–H and O–H groups in total. The lowest BCUT2D eigenvalue weighted by atomic mass is 10.2. The first kappa shape index (κ1) is 23.0. The minimum atomic E-state index is -2.61. The van der Waals surface area contributed by atoms with Crippen LogP contribution in [0.25, 0.3) is 0 Å². The number of halogens is 1. The Labute approximate surface area is 186 Å². The average Bonchev–Trinajstić information content (AvgIpc) is 3.09. The van der Waals surface area contributed by atoms with Gasteiger partial charge >= 0.3 is 0 Å². The lowest BCUT2D eigenvalue weighted by Crippen LogP contribution is -2.67. The number of ether oxygens (including phenoxy) is 1. The number of hydrogen-bond acceptors (Lipinski definition) is 3. The van der Waals surface area contributed by atoms with E-state index in [-0.39, 0.29) is 23.7 Å². The monoisotopic (exact) mass is 445 g/mol. The highest BCUT2D eigenvalue weighted by Gasteiger charge is 2.50. The number of rotatable bonds is 9. The second kappa shape index (κ2) is 10.1. The molecule has 3 rings (SSSR count). The Bertz CT molecular complexity index is 771. The highest BCUT2D eigenvalue weighted by atomic mass is 35.5. The lowest BCUT2D eigenvalue weighted by molar-refractivity contribution is -0.134. The number of carbonyl (C=O) groups is 1. The van der Waals surface area contributed by atoms with E-state index in [9.17, 15) is 4.79 Å². The second-order valence-corrected chi connectivity index (χ2v) is 13.4. The summed E-state index contributed by atoms with van der Waals surface area (Å²) in [6, 6.07) is 21.2. The van der Waals surface area contributed by atoms with E-state index in [1.807, 2.05) is 17.0 Å². The molecule has 4 nitrogen and oxygen atoms in total. The van der Waals surface area contributed by atoms with Crippen LogP contribution in [-0.2, 0) is 14.0 Å². The molecule has 0 radical (unpaired) electrons. The third kappa shape index (κ3) is 4.80. The largest absolute Gasteiger partial charge is 0.405 e. The number of amides is 1. The van der Waals surface area contributed by atoms with Crippen molar-refractivity contribution in [1.29, 1.82) is 0 Å². The number of alkyl halides is 1. The Morgan fingerprint density at radius 2 is 1.60 bits per heavy atom. The number of nitrogens with zero attached hydrogens (tertiary/aromatic N) is 1. The van der Waals surface area contributed by atoms with Crippen LogP contribution in [0.5, 0.6) is 0 Å². The van der Waals surface area contributed by atoms with Crippen LogP contribution in [0.15, 0.2) is 60.7 Å². The van der Waals surface area contributed by atoms with Crippen LogP contribution in [0.3, 0.4) is 0 Å². The first-order chi connectivity index (χ1) is 14.4. The molecule has 0 aliphatic carbocycles. The van der Waals surface area contributed by atoms with E-state index in [1.54, 1.807) is 0 Å². The van der Waals surface area contributed by atoms with Crippen molar-refractivity contribution in [3.8, 4) is 0 Å². The summed E-state index contributed by atoms with van der Waals surface area (Å²) in [5, 5.41) is 2.41. The maximum Gasteiger partial charge on any atom is 0.261 e. The summed E-state index contributed by atoms with van der Waals surface area (Å²) in [5.74, 6) is 0.547. The van der Waals surface area contributed by atoms with Gasteiger partial charge in [-0.05, 0) is 21.8 Å². The van der Waals surface area contributed by atoms with Crippen LogP contribution in [0.4, 0.5) is 0 Å². The summed E-state index contributed by atoms with van der Waals surface area (Å²) >= 11 is 5.72. The highest BCUT2D eigenvalue weighted by Crippen LogP contribution is 2.37. The standard InChI is InChI=1S/C24H32ClNO3Si/c1-24(2,3)30(21-10-6-4-7-11-21,22-12-8-5-9-13-22)29-18-20-14-15-23(27)26(20)19-28-17-16-25/h4-13,20H,14-19H2,1-3H3. The molecule has 0 saturated carbocycles. The zero-order valence-electron chi connectivity index (χ0n) is 18.1. The Kier molecular flexibility index (Phi) is 7.74. The third-order valence-electron chi connectivity index (χ3n) is 5.81. The smallest absolute Gasteiger partial charge is 0.261 e. The van der Waals surface area contributed by atoms with E-state index in [4.69, 9.17) is 20.8 Å². The van der Waals surface area contributed by atoms with Crippen molar-refractivity contribution in [2.75, 3.05) is 25.8 Å². The summed E-state index contributed by atoms with van der Waals surface area (Å²) in [5.41, 5.74) is 0. The average molecular weight is 446 g/mol. The van der Waals surface area contributed by atoms with Crippen LogP contribution in [0, 0.1) is 0 Å². The molecular weight excluding hydrogens is 414 g/mol. The fourth-order valence-electron chi connectivity index (χ4n) is 4.34. The molecule has 1 unspecified atom stereocenters. The van der Waals surface area contributed by atoms with Crippen LogP contribution < -0.4 is 10.4 Å². The van der Waals surface area contributed by atoms with Crippen molar-refractivity contribution >= 4 is 36.2 Å². The van der Waals surface area contributed by atoms with Gasteiger partial charge in [-0.1, -0.05) is 81.4 Å². The van der Waals surface area contributed by atoms with Crippen LogP contribution in [0.2, 0.25) is 5.04 Å². The molecule has 0 aromatic heterocycles. The molecule has 2 aromatic rings. The predicted molar refractivity (Wildman–Crippen MR) is 125 cm³/mol. The van der Waals surface area contributed by atoms with Crippen molar-refractivity contribution in [3.63, 3.8) is 0 Å². The van der Waals surface area contributed by atoms with Gasteiger partial charge in [0.25, 0.3) is 8.32 Å². The quantitative estimate of drug-likeness (QED) is 0.335. The van der Waals surface area contributed by atoms with Crippen molar-refractivity contribution in [3.05, 3.63) is 60.7 Å². The number of carbonyl (C=O) groups excluding carboxylic acids is 1. The molecule has 1 amide bonds. The zero-order chi connectivity index (χ0) is 21.6. The maximum atomic E-state index is 12.4. The van der Waals surface area contributed by atoms with Gasteiger partial charge in [-0.3, -0.25) is 4.79 Å². The van der Waals surface area contributed by atoms with E-state index in [0.717, 1.165) is 6.42 Å². The Morgan fingerprint density at radius 3 is 2.10 bits per heavy atom. The van der Waals surface area contributed by atoms with Crippen molar-refractivity contribution in [2.24, 2.45) is 0 Å². The van der Waals surface area contributed by atoms with Gasteiger partial charge in [-0.2, -0.15) is 0 Å². The molecular formula is C24H32ClNO3Si. The van der Waals surface area contributed by atoms with E-state index < -0.39 is 8.32 Å². The number of hydrogen-bond donors (Lipinski definition) is 0. The topological polar surface area (TPSA) is 38.8 Å². The van der Waals surface area contributed by atoms with Gasteiger partial charge in [0, 0.05) is 12.3 Å². The normalized spacial score (nSPS) is 17.5. The highest BCUT2D eigenvalue weighted by molar-refractivity contribution is 6.99. The summed E-state index contributed by atoms with van der Waals surface area (Å²) in [4.78, 5) is 14.2. The molecule has 0 spiro atoms. The molecule has 0 bridgehead atoms. The van der Waals surface area contributed by atoms with Crippen molar-refractivity contribution in [1.82, 2.24) is 4.90 Å². The van der Waals surface area contributed by atoms with E-state index in [0.29, 0.717) is 25.5 Å². The van der Waals surface area contributed by atoms with Gasteiger partial charge in [-0.25, -0.2) is 0 Å². The molecule has 1 fully saturated rings. The zero-order valence-corrected chi connectivity index (χ0v) is 19.9. The van der Waals surface area contributed by atoms with Gasteiger partial charge in [0.2, 0.25) is 5.91 Å². The maximum absolute atomic E-state index is 12.4. The van der Waals surface area contributed by atoms with Crippen LogP contribution in [0.1, 0.15) is 33.6 Å². The van der Waals surface area contributed by atoms with E-state index in [1.165, 1.54) is 10.4 Å². The van der Waals surface area contributed by atoms with Crippen molar-refractivity contribution in [2.45, 2.75) is 44.7 Å². The third-order valence-corrected chi connectivity index (χ3v) is 11.0.